The first-order valence-electron chi connectivity index (χ1n) is 8.03. The average molecular weight is 328 g/mol. The number of rotatable bonds is 3. The van der Waals surface area contributed by atoms with Gasteiger partial charge in [-0.3, -0.25) is 14.5 Å². The van der Waals surface area contributed by atoms with Crippen LogP contribution in [-0.2, 0) is 0 Å². The number of carbonyl (C=O) groups is 2. The van der Waals surface area contributed by atoms with E-state index in [0.29, 0.717) is 11.1 Å². The highest BCUT2D eigenvalue weighted by atomic mass is 16.2. The zero-order chi connectivity index (χ0) is 17.4. The summed E-state index contributed by atoms with van der Waals surface area (Å²) >= 11 is 0. The molecule has 2 amide bonds. The molecule has 0 saturated carbocycles. The standard InChI is InChI=1S/C21H16N2O2/c1-22-20(24)18-13-12-17(14-19(18)21(22)25)23(15-8-4-2-5-9-15)16-10-6-3-7-11-16/h2-14H,1H3. The fourth-order valence-electron chi connectivity index (χ4n) is 3.09. The van der Waals surface area contributed by atoms with Crippen molar-refractivity contribution in [2.75, 3.05) is 11.9 Å². The van der Waals surface area contributed by atoms with E-state index in [1.165, 1.54) is 7.05 Å². The number of hydrogen-bond acceptors (Lipinski definition) is 3. The number of fused-ring (bicyclic) bond motifs is 1. The van der Waals surface area contributed by atoms with Gasteiger partial charge in [0.15, 0.2) is 0 Å². The molecule has 25 heavy (non-hydrogen) atoms. The van der Waals surface area contributed by atoms with E-state index in [9.17, 15) is 9.59 Å². The Labute approximate surface area is 145 Å². The number of imide groups is 1. The minimum absolute atomic E-state index is 0.252. The molecule has 4 heteroatoms. The minimum atomic E-state index is -0.261. The molecule has 4 nitrogen and oxygen atoms in total. The quantitative estimate of drug-likeness (QED) is 0.670. The lowest BCUT2D eigenvalue weighted by atomic mass is 10.1. The molecule has 1 aliphatic rings. The fourth-order valence-corrected chi connectivity index (χ4v) is 3.09. The van der Waals surface area contributed by atoms with Gasteiger partial charge in [0.05, 0.1) is 11.1 Å². The molecule has 0 radical (unpaired) electrons. The summed E-state index contributed by atoms with van der Waals surface area (Å²) < 4.78 is 0. The molecule has 0 saturated heterocycles. The number of nitrogens with zero attached hydrogens (tertiary/aromatic N) is 2. The molecule has 0 spiro atoms. The Morgan fingerprint density at radius 3 is 1.72 bits per heavy atom. The number of hydrogen-bond donors (Lipinski definition) is 0. The normalized spacial score (nSPS) is 13.1. The Morgan fingerprint density at radius 1 is 0.640 bits per heavy atom. The molecule has 0 aromatic heterocycles. The number of anilines is 3. The third kappa shape index (κ3) is 2.48. The summed E-state index contributed by atoms with van der Waals surface area (Å²) in [6.07, 6.45) is 0. The topological polar surface area (TPSA) is 40.6 Å². The smallest absolute Gasteiger partial charge is 0.261 e. The van der Waals surface area contributed by atoms with Crippen LogP contribution < -0.4 is 4.90 Å². The summed E-state index contributed by atoms with van der Waals surface area (Å²) in [5, 5.41) is 0. The fraction of sp³-hybridized carbons (Fsp3) is 0.0476. The van der Waals surface area contributed by atoms with Gasteiger partial charge in [-0.15, -0.1) is 0 Å². The lowest BCUT2D eigenvalue weighted by molar-refractivity contribution is 0.0693. The van der Waals surface area contributed by atoms with Gasteiger partial charge < -0.3 is 4.90 Å². The maximum atomic E-state index is 12.3. The highest BCUT2D eigenvalue weighted by Crippen LogP contribution is 2.36. The second-order valence-corrected chi connectivity index (χ2v) is 5.91. The first kappa shape index (κ1) is 15.1. The number of para-hydroxylation sites is 2. The zero-order valence-corrected chi connectivity index (χ0v) is 13.7. The van der Waals surface area contributed by atoms with Gasteiger partial charge in [0.25, 0.3) is 11.8 Å². The summed E-state index contributed by atoms with van der Waals surface area (Å²) in [5.41, 5.74) is 3.71. The molecule has 0 bridgehead atoms. The van der Waals surface area contributed by atoms with Crippen LogP contribution in [0, 0.1) is 0 Å². The molecule has 0 unspecified atom stereocenters. The van der Waals surface area contributed by atoms with E-state index in [-0.39, 0.29) is 11.8 Å². The molecule has 0 fully saturated rings. The van der Waals surface area contributed by atoms with E-state index >= 15 is 0 Å². The number of benzene rings is 3. The lowest BCUT2D eigenvalue weighted by Gasteiger charge is -2.25. The van der Waals surface area contributed by atoms with Crippen molar-refractivity contribution in [3.63, 3.8) is 0 Å². The maximum absolute atomic E-state index is 12.3. The van der Waals surface area contributed by atoms with Gasteiger partial charge in [0, 0.05) is 24.1 Å². The molecular weight excluding hydrogens is 312 g/mol. The Bertz CT molecular complexity index is 913. The summed E-state index contributed by atoms with van der Waals surface area (Å²) in [6, 6.07) is 25.3. The van der Waals surface area contributed by atoms with Gasteiger partial charge in [-0.25, -0.2) is 0 Å². The zero-order valence-electron chi connectivity index (χ0n) is 13.7. The van der Waals surface area contributed by atoms with Gasteiger partial charge in [0.1, 0.15) is 0 Å². The molecule has 0 atom stereocenters. The Kier molecular flexibility index (Phi) is 3.58. The van der Waals surface area contributed by atoms with Crippen molar-refractivity contribution >= 4 is 28.9 Å². The van der Waals surface area contributed by atoms with Crippen LogP contribution in [0.25, 0.3) is 0 Å². The van der Waals surface area contributed by atoms with Gasteiger partial charge in [-0.05, 0) is 42.5 Å². The largest absolute Gasteiger partial charge is 0.310 e. The first-order valence-corrected chi connectivity index (χ1v) is 8.03. The van der Waals surface area contributed by atoms with Gasteiger partial charge in [-0.1, -0.05) is 36.4 Å². The molecule has 0 N–H and O–H groups in total. The van der Waals surface area contributed by atoms with E-state index < -0.39 is 0 Å². The maximum Gasteiger partial charge on any atom is 0.261 e. The molecule has 3 aromatic carbocycles. The molecule has 4 rings (SSSR count). The van der Waals surface area contributed by atoms with E-state index in [4.69, 9.17) is 0 Å². The van der Waals surface area contributed by atoms with Crippen LogP contribution in [0.4, 0.5) is 17.1 Å². The van der Waals surface area contributed by atoms with Crippen LogP contribution in [0.5, 0.6) is 0 Å². The Morgan fingerprint density at radius 2 is 1.16 bits per heavy atom. The van der Waals surface area contributed by atoms with Crippen LogP contribution in [-0.4, -0.2) is 23.8 Å². The monoisotopic (exact) mass is 328 g/mol. The molecule has 1 aliphatic heterocycles. The van der Waals surface area contributed by atoms with Gasteiger partial charge in [0.2, 0.25) is 0 Å². The van der Waals surface area contributed by atoms with Crippen molar-refractivity contribution < 1.29 is 9.59 Å². The predicted octanol–water partition coefficient (Wildman–Crippen LogP) is 4.38. The highest BCUT2D eigenvalue weighted by molar-refractivity contribution is 6.21. The van der Waals surface area contributed by atoms with Gasteiger partial charge in [-0.2, -0.15) is 0 Å². The third-order valence-electron chi connectivity index (χ3n) is 4.36. The van der Waals surface area contributed by atoms with Crippen LogP contribution in [0.1, 0.15) is 20.7 Å². The third-order valence-corrected chi connectivity index (χ3v) is 4.36. The number of amides is 2. The minimum Gasteiger partial charge on any atom is -0.310 e. The Balaban J connectivity index is 1.88. The lowest BCUT2D eigenvalue weighted by Crippen LogP contribution is -2.24. The van der Waals surface area contributed by atoms with Crippen LogP contribution in [0.2, 0.25) is 0 Å². The summed E-state index contributed by atoms with van der Waals surface area (Å²) in [5.74, 6) is -0.513. The summed E-state index contributed by atoms with van der Waals surface area (Å²) in [7, 11) is 1.51. The van der Waals surface area contributed by atoms with Crippen LogP contribution in [0.15, 0.2) is 78.9 Å². The summed E-state index contributed by atoms with van der Waals surface area (Å²) in [4.78, 5) is 27.7. The van der Waals surface area contributed by atoms with Crippen LogP contribution >= 0.6 is 0 Å². The van der Waals surface area contributed by atoms with Crippen molar-refractivity contribution in [3.8, 4) is 0 Å². The highest BCUT2D eigenvalue weighted by Gasteiger charge is 2.33. The molecule has 3 aromatic rings. The Hall–Kier alpha value is -3.40. The predicted molar refractivity (Wildman–Crippen MR) is 97.5 cm³/mol. The molecule has 0 aliphatic carbocycles. The van der Waals surface area contributed by atoms with E-state index in [1.807, 2.05) is 66.7 Å². The molecule has 1 heterocycles. The second kappa shape index (κ2) is 5.91. The van der Waals surface area contributed by atoms with Crippen molar-refractivity contribution in [1.82, 2.24) is 4.90 Å². The first-order chi connectivity index (χ1) is 12.2. The summed E-state index contributed by atoms with van der Waals surface area (Å²) in [6.45, 7) is 0. The van der Waals surface area contributed by atoms with Crippen LogP contribution in [0.3, 0.4) is 0 Å². The second-order valence-electron chi connectivity index (χ2n) is 5.91. The average Bonchev–Trinajstić information content (AvgIpc) is 2.88. The van der Waals surface area contributed by atoms with Crippen molar-refractivity contribution in [3.05, 3.63) is 90.0 Å². The SMILES string of the molecule is CN1C(=O)c2ccc(N(c3ccccc3)c3ccccc3)cc2C1=O. The molecular formula is C21H16N2O2. The van der Waals surface area contributed by atoms with E-state index in [2.05, 4.69) is 4.90 Å². The number of carbonyl (C=O) groups excluding carboxylic acids is 2. The van der Waals surface area contributed by atoms with Crippen molar-refractivity contribution in [2.45, 2.75) is 0 Å². The van der Waals surface area contributed by atoms with Gasteiger partial charge >= 0.3 is 0 Å². The van der Waals surface area contributed by atoms with Crippen molar-refractivity contribution in [2.24, 2.45) is 0 Å². The molecule has 122 valence electrons. The van der Waals surface area contributed by atoms with E-state index in [0.717, 1.165) is 22.0 Å². The van der Waals surface area contributed by atoms with Crippen molar-refractivity contribution in [1.29, 1.82) is 0 Å². The van der Waals surface area contributed by atoms with E-state index in [1.54, 1.807) is 12.1 Å².